The number of nitrogens with one attached hydrogen (secondary N) is 3. The lowest BCUT2D eigenvalue weighted by atomic mass is 10.1. The van der Waals surface area contributed by atoms with Gasteiger partial charge in [-0.05, 0) is 24.8 Å². The van der Waals surface area contributed by atoms with Crippen LogP contribution in [0.25, 0.3) is 0 Å². The van der Waals surface area contributed by atoms with Gasteiger partial charge in [0.25, 0.3) is 0 Å². The highest BCUT2D eigenvalue weighted by Gasteiger charge is 1.98. The van der Waals surface area contributed by atoms with Crippen LogP contribution in [0.15, 0.2) is 29.3 Å². The minimum atomic E-state index is 0.0731. The Balaban J connectivity index is 1.94. The molecule has 8 heteroatoms. The summed E-state index contributed by atoms with van der Waals surface area (Å²) in [5.41, 5.74) is 18.4. The molecule has 0 heterocycles. The number of aliphatic imine (C=N–C) groups is 1. The third kappa shape index (κ3) is 13.5. The molecule has 0 amide bonds. The van der Waals surface area contributed by atoms with Gasteiger partial charge >= 0.3 is 0 Å². The van der Waals surface area contributed by atoms with Crippen LogP contribution in [-0.4, -0.2) is 37.3 Å². The molecule has 0 aromatic heterocycles. The number of ether oxygens (including phenoxy) is 1. The topological polar surface area (TPSA) is 159 Å². The van der Waals surface area contributed by atoms with Crippen LogP contribution in [-0.2, 0) is 11.3 Å². The Morgan fingerprint density at radius 1 is 0.867 bits per heavy atom. The van der Waals surface area contributed by atoms with Crippen LogP contribution in [0.2, 0.25) is 0 Å². The standard InChI is InChI=1S/C22H39N7O/c23-20(24)9-6-4-2-1-3-5-7-14-28-22(27)29-15-8-16-30-17-18-10-12-19(13-11-18)21(25)26/h10-13H,1-9,14-17H2,(H3,23,24)(H3,25,26)(H3,27,28,29). The molecule has 30 heavy (non-hydrogen) atoms. The van der Waals surface area contributed by atoms with Crippen LogP contribution in [0.1, 0.15) is 68.9 Å². The first-order valence-electron chi connectivity index (χ1n) is 10.9. The summed E-state index contributed by atoms with van der Waals surface area (Å²) in [6.07, 6.45) is 9.70. The first-order chi connectivity index (χ1) is 14.5. The highest BCUT2D eigenvalue weighted by atomic mass is 16.5. The summed E-state index contributed by atoms with van der Waals surface area (Å²) < 4.78 is 5.64. The number of hydrogen-bond donors (Lipinski definition) is 6. The fourth-order valence-corrected chi connectivity index (χ4v) is 2.93. The molecular formula is C22H39N7O. The van der Waals surface area contributed by atoms with Crippen molar-refractivity contribution in [1.29, 1.82) is 10.8 Å². The average molecular weight is 418 g/mol. The molecule has 0 radical (unpaired) electrons. The van der Waals surface area contributed by atoms with Crippen LogP contribution in [0.4, 0.5) is 0 Å². The Hall–Kier alpha value is -2.61. The van der Waals surface area contributed by atoms with Crippen LogP contribution < -0.4 is 22.5 Å². The third-order valence-electron chi connectivity index (χ3n) is 4.69. The number of unbranched alkanes of at least 4 members (excludes halogenated alkanes) is 6. The van der Waals surface area contributed by atoms with Gasteiger partial charge in [-0.25, -0.2) is 0 Å². The van der Waals surface area contributed by atoms with E-state index >= 15 is 0 Å². The number of hydrogen-bond acceptors (Lipinski definition) is 4. The molecule has 1 rings (SSSR count). The predicted molar refractivity (Wildman–Crippen MR) is 125 cm³/mol. The lowest BCUT2D eigenvalue weighted by molar-refractivity contribution is 0.120. The second-order valence-corrected chi connectivity index (χ2v) is 7.46. The molecule has 1 aromatic carbocycles. The van der Waals surface area contributed by atoms with E-state index in [0.29, 0.717) is 31.6 Å². The monoisotopic (exact) mass is 417 g/mol. The number of nitrogens with two attached hydrogens (primary N) is 3. The number of nitrogens with zero attached hydrogens (tertiary/aromatic N) is 1. The Morgan fingerprint density at radius 3 is 2.13 bits per heavy atom. The Morgan fingerprint density at radius 2 is 1.50 bits per heavy atom. The molecule has 0 aliphatic carbocycles. The normalized spacial score (nSPS) is 11.4. The molecule has 0 saturated carbocycles. The van der Waals surface area contributed by atoms with Gasteiger partial charge in [0.1, 0.15) is 5.84 Å². The number of amidine groups is 2. The summed E-state index contributed by atoms with van der Waals surface area (Å²) in [6.45, 7) is 2.65. The molecule has 0 saturated heterocycles. The van der Waals surface area contributed by atoms with Gasteiger partial charge in [-0.2, -0.15) is 0 Å². The van der Waals surface area contributed by atoms with Gasteiger partial charge in [-0.3, -0.25) is 15.8 Å². The van der Waals surface area contributed by atoms with Crippen molar-refractivity contribution in [3.8, 4) is 0 Å². The van der Waals surface area contributed by atoms with Gasteiger partial charge in [0, 0.05) is 31.7 Å². The molecule has 1 aromatic rings. The first-order valence-corrected chi connectivity index (χ1v) is 10.9. The second kappa shape index (κ2) is 16.2. The van der Waals surface area contributed by atoms with Gasteiger partial charge in [-0.15, -0.1) is 0 Å². The lowest BCUT2D eigenvalue weighted by Gasteiger charge is -2.07. The van der Waals surface area contributed by atoms with Crippen molar-refractivity contribution in [2.45, 2.75) is 64.4 Å². The highest BCUT2D eigenvalue weighted by Crippen LogP contribution is 2.08. The van der Waals surface area contributed by atoms with E-state index in [9.17, 15) is 0 Å². The molecule has 0 fully saturated rings. The van der Waals surface area contributed by atoms with Crippen molar-refractivity contribution in [3.05, 3.63) is 35.4 Å². The Bertz CT molecular complexity index is 643. The first kappa shape index (κ1) is 25.4. The molecule has 0 atom stereocenters. The van der Waals surface area contributed by atoms with Crippen molar-refractivity contribution < 1.29 is 4.74 Å². The molecular weight excluding hydrogens is 378 g/mol. The minimum Gasteiger partial charge on any atom is -0.388 e. The van der Waals surface area contributed by atoms with Crippen molar-refractivity contribution in [2.75, 3.05) is 19.7 Å². The second-order valence-electron chi connectivity index (χ2n) is 7.46. The number of rotatable bonds is 17. The van der Waals surface area contributed by atoms with Crippen molar-refractivity contribution in [1.82, 2.24) is 5.32 Å². The fraction of sp³-hybridized carbons (Fsp3) is 0.591. The van der Waals surface area contributed by atoms with Crippen LogP contribution in [0.3, 0.4) is 0 Å². The van der Waals surface area contributed by atoms with E-state index in [2.05, 4.69) is 10.3 Å². The minimum absolute atomic E-state index is 0.0731. The molecule has 0 aliphatic rings. The van der Waals surface area contributed by atoms with Gasteiger partial charge in [0.05, 0.1) is 12.4 Å². The van der Waals surface area contributed by atoms with E-state index in [-0.39, 0.29) is 5.84 Å². The molecule has 0 spiro atoms. The molecule has 8 nitrogen and oxygen atoms in total. The van der Waals surface area contributed by atoms with E-state index in [0.717, 1.165) is 49.8 Å². The molecule has 0 unspecified atom stereocenters. The maximum absolute atomic E-state index is 7.38. The summed E-state index contributed by atoms with van der Waals surface area (Å²) in [7, 11) is 0. The zero-order chi connectivity index (χ0) is 22.0. The predicted octanol–water partition coefficient (Wildman–Crippen LogP) is 2.84. The summed E-state index contributed by atoms with van der Waals surface area (Å²) in [5.74, 6) is 0.869. The quantitative estimate of drug-likeness (QED) is 0.130. The van der Waals surface area contributed by atoms with Crippen LogP contribution in [0.5, 0.6) is 0 Å². The van der Waals surface area contributed by atoms with Crippen LogP contribution >= 0.6 is 0 Å². The SMILES string of the molecule is N=C(N)CCCCCCCCCNC(N)=NCCCOCc1ccc(C(=N)N)cc1. The van der Waals surface area contributed by atoms with E-state index in [1.165, 1.54) is 25.7 Å². The van der Waals surface area contributed by atoms with Crippen LogP contribution in [0, 0.1) is 10.8 Å². The van der Waals surface area contributed by atoms with Gasteiger partial charge in [0.15, 0.2) is 5.96 Å². The summed E-state index contributed by atoms with van der Waals surface area (Å²) in [6, 6.07) is 7.50. The lowest BCUT2D eigenvalue weighted by Crippen LogP contribution is -2.32. The largest absolute Gasteiger partial charge is 0.388 e. The third-order valence-corrected chi connectivity index (χ3v) is 4.69. The number of nitrogen functional groups attached to an aromatic ring is 1. The van der Waals surface area contributed by atoms with E-state index in [1.807, 2.05) is 24.3 Å². The van der Waals surface area contributed by atoms with Gasteiger partial charge in [0.2, 0.25) is 0 Å². The smallest absolute Gasteiger partial charge is 0.188 e. The summed E-state index contributed by atoms with van der Waals surface area (Å²) in [4.78, 5) is 4.32. The highest BCUT2D eigenvalue weighted by molar-refractivity contribution is 5.94. The summed E-state index contributed by atoms with van der Waals surface area (Å²) >= 11 is 0. The van der Waals surface area contributed by atoms with Crippen molar-refractivity contribution in [3.63, 3.8) is 0 Å². The van der Waals surface area contributed by atoms with E-state index in [1.54, 1.807) is 0 Å². The van der Waals surface area contributed by atoms with E-state index in [4.69, 9.17) is 32.8 Å². The van der Waals surface area contributed by atoms with E-state index < -0.39 is 0 Å². The van der Waals surface area contributed by atoms with Crippen molar-refractivity contribution >= 4 is 17.6 Å². The maximum Gasteiger partial charge on any atom is 0.188 e. The molecule has 0 aliphatic heterocycles. The number of guanidine groups is 1. The Labute approximate surface area is 180 Å². The molecule has 0 bridgehead atoms. The average Bonchev–Trinajstić information content (AvgIpc) is 2.72. The zero-order valence-corrected chi connectivity index (χ0v) is 18.1. The zero-order valence-electron chi connectivity index (χ0n) is 18.1. The van der Waals surface area contributed by atoms with Gasteiger partial charge in [-0.1, -0.05) is 56.4 Å². The molecule has 9 N–H and O–H groups in total. The number of benzene rings is 1. The van der Waals surface area contributed by atoms with Crippen molar-refractivity contribution in [2.24, 2.45) is 22.2 Å². The fourth-order valence-electron chi connectivity index (χ4n) is 2.93. The Kier molecular flexibility index (Phi) is 13.7. The van der Waals surface area contributed by atoms with Gasteiger partial charge < -0.3 is 27.3 Å². The summed E-state index contributed by atoms with van der Waals surface area (Å²) in [5, 5.41) is 17.7. The maximum atomic E-state index is 7.38. The molecule has 168 valence electrons.